The monoisotopic (exact) mass is 440 g/mol. The van der Waals surface area contributed by atoms with Crippen LogP contribution in [0.25, 0.3) is 0 Å². The molecule has 0 saturated carbocycles. The summed E-state index contributed by atoms with van der Waals surface area (Å²) < 4.78 is 6.13. The van der Waals surface area contributed by atoms with Crippen LogP contribution in [0.15, 0.2) is 69.8 Å². The maximum Gasteiger partial charge on any atom is 0.291 e. The molecule has 2 amide bonds. The van der Waals surface area contributed by atoms with Crippen molar-refractivity contribution in [2.24, 2.45) is 0 Å². The Kier molecular flexibility index (Phi) is 6.31. The van der Waals surface area contributed by atoms with E-state index in [9.17, 15) is 9.59 Å². The molecule has 0 spiro atoms. The van der Waals surface area contributed by atoms with Gasteiger partial charge in [0, 0.05) is 21.8 Å². The summed E-state index contributed by atoms with van der Waals surface area (Å²) in [6.07, 6.45) is 2.17. The Morgan fingerprint density at radius 3 is 2.50 bits per heavy atom. The van der Waals surface area contributed by atoms with E-state index in [2.05, 4.69) is 26.6 Å². The van der Waals surface area contributed by atoms with Crippen LogP contribution in [0.4, 0.5) is 5.69 Å². The minimum atomic E-state index is -0.353. The van der Waals surface area contributed by atoms with Crippen molar-refractivity contribution in [1.29, 1.82) is 0 Å². The van der Waals surface area contributed by atoms with Crippen LogP contribution in [0.1, 0.15) is 39.0 Å². The molecule has 3 aromatic rings. The van der Waals surface area contributed by atoms with Crippen LogP contribution < -0.4 is 10.6 Å². The molecule has 0 aliphatic heterocycles. The number of carbonyl (C=O) groups excluding carboxylic acids is 2. The topological polar surface area (TPSA) is 71.3 Å². The number of anilines is 1. The van der Waals surface area contributed by atoms with Crippen LogP contribution in [0.3, 0.4) is 0 Å². The maximum atomic E-state index is 12.6. The van der Waals surface area contributed by atoms with Crippen molar-refractivity contribution < 1.29 is 14.0 Å². The Balaban J connectivity index is 1.66. The van der Waals surface area contributed by atoms with Crippen LogP contribution in [0.5, 0.6) is 0 Å². The Labute approximate surface area is 172 Å². The second kappa shape index (κ2) is 8.89. The minimum Gasteiger partial charge on any atom is -0.459 e. The molecule has 1 heterocycles. The highest BCUT2D eigenvalue weighted by Crippen LogP contribution is 2.19. The lowest BCUT2D eigenvalue weighted by Gasteiger charge is -2.15. The minimum absolute atomic E-state index is 0.0314. The van der Waals surface area contributed by atoms with Crippen molar-refractivity contribution >= 4 is 33.4 Å². The third kappa shape index (κ3) is 5.10. The van der Waals surface area contributed by atoms with Gasteiger partial charge in [-0.05, 0) is 67.8 Å². The van der Waals surface area contributed by atoms with Crippen molar-refractivity contribution in [2.75, 3.05) is 5.32 Å². The number of nitrogens with one attached hydrogen (secondary N) is 2. The van der Waals surface area contributed by atoms with E-state index >= 15 is 0 Å². The van der Waals surface area contributed by atoms with Gasteiger partial charge in [0.1, 0.15) is 0 Å². The predicted octanol–water partition coefficient (Wildman–Crippen LogP) is 4.96. The summed E-state index contributed by atoms with van der Waals surface area (Å²) >= 11 is 3.42. The number of hydrogen-bond acceptors (Lipinski definition) is 3. The summed E-state index contributed by atoms with van der Waals surface area (Å²) in [7, 11) is 0. The standard InChI is InChI=1S/C22H21BrN2O3/c1-14-5-8-17(13-19(14)25-22(27)20-4-3-11-28-20)21(26)24-15(2)12-16-6-9-18(23)10-7-16/h3-11,13,15H,12H2,1-2H3,(H,24,26)(H,25,27). The SMILES string of the molecule is Cc1ccc(C(=O)NC(C)Cc2ccc(Br)cc2)cc1NC(=O)c1ccco1. The van der Waals surface area contributed by atoms with Gasteiger partial charge < -0.3 is 15.1 Å². The van der Waals surface area contributed by atoms with Crippen molar-refractivity contribution in [1.82, 2.24) is 5.32 Å². The van der Waals surface area contributed by atoms with Crippen molar-refractivity contribution in [3.63, 3.8) is 0 Å². The molecule has 0 aliphatic carbocycles. The highest BCUT2D eigenvalue weighted by molar-refractivity contribution is 9.10. The molecular formula is C22H21BrN2O3. The number of rotatable bonds is 6. The average Bonchev–Trinajstić information content (AvgIpc) is 3.20. The Morgan fingerprint density at radius 2 is 1.82 bits per heavy atom. The van der Waals surface area contributed by atoms with E-state index in [1.54, 1.807) is 24.3 Å². The number of aryl methyl sites for hydroxylation is 1. The highest BCUT2D eigenvalue weighted by atomic mass is 79.9. The molecule has 144 valence electrons. The van der Waals surface area contributed by atoms with Crippen molar-refractivity contribution in [3.05, 3.63) is 87.8 Å². The molecule has 1 unspecified atom stereocenters. The summed E-state index contributed by atoms with van der Waals surface area (Å²) in [5.41, 5.74) is 3.07. The zero-order valence-electron chi connectivity index (χ0n) is 15.7. The molecule has 5 nitrogen and oxygen atoms in total. The molecule has 0 aliphatic rings. The van der Waals surface area contributed by atoms with Gasteiger partial charge in [0.25, 0.3) is 11.8 Å². The molecule has 0 bridgehead atoms. The lowest BCUT2D eigenvalue weighted by atomic mass is 10.1. The quantitative estimate of drug-likeness (QED) is 0.568. The lowest BCUT2D eigenvalue weighted by Crippen LogP contribution is -2.34. The smallest absolute Gasteiger partial charge is 0.291 e. The van der Waals surface area contributed by atoms with Crippen LogP contribution >= 0.6 is 15.9 Å². The summed E-state index contributed by atoms with van der Waals surface area (Å²) in [4.78, 5) is 24.8. The lowest BCUT2D eigenvalue weighted by molar-refractivity contribution is 0.0938. The first kappa shape index (κ1) is 19.9. The first-order valence-electron chi connectivity index (χ1n) is 8.93. The van der Waals surface area contributed by atoms with Crippen LogP contribution in [-0.2, 0) is 6.42 Å². The largest absolute Gasteiger partial charge is 0.459 e. The maximum absolute atomic E-state index is 12.6. The van der Waals surface area contributed by atoms with Crippen molar-refractivity contribution in [2.45, 2.75) is 26.3 Å². The van der Waals surface area contributed by atoms with E-state index in [1.807, 2.05) is 44.2 Å². The zero-order chi connectivity index (χ0) is 20.1. The molecule has 2 aromatic carbocycles. The molecule has 28 heavy (non-hydrogen) atoms. The molecule has 6 heteroatoms. The van der Waals surface area contributed by atoms with Gasteiger partial charge in [-0.2, -0.15) is 0 Å². The van der Waals surface area contributed by atoms with Crippen LogP contribution in [0, 0.1) is 6.92 Å². The molecule has 0 saturated heterocycles. The Morgan fingerprint density at radius 1 is 1.07 bits per heavy atom. The molecular weight excluding hydrogens is 420 g/mol. The van der Waals surface area contributed by atoms with E-state index in [0.717, 1.165) is 22.0 Å². The molecule has 2 N–H and O–H groups in total. The van der Waals surface area contributed by atoms with E-state index in [4.69, 9.17) is 4.42 Å². The highest BCUT2D eigenvalue weighted by Gasteiger charge is 2.14. The van der Waals surface area contributed by atoms with Gasteiger partial charge in [-0.1, -0.05) is 34.1 Å². The second-order valence-electron chi connectivity index (χ2n) is 6.67. The first-order chi connectivity index (χ1) is 13.4. The van der Waals surface area contributed by atoms with Gasteiger partial charge in [0.05, 0.1) is 6.26 Å². The second-order valence-corrected chi connectivity index (χ2v) is 7.58. The Bertz CT molecular complexity index is 966. The van der Waals surface area contributed by atoms with Gasteiger partial charge in [0.15, 0.2) is 5.76 Å². The molecule has 3 rings (SSSR count). The number of halogens is 1. The molecule has 0 fully saturated rings. The summed E-state index contributed by atoms with van der Waals surface area (Å²) in [5, 5.41) is 5.79. The van der Waals surface area contributed by atoms with Crippen LogP contribution in [0.2, 0.25) is 0 Å². The van der Waals surface area contributed by atoms with E-state index < -0.39 is 0 Å². The number of carbonyl (C=O) groups is 2. The molecule has 1 aromatic heterocycles. The fourth-order valence-electron chi connectivity index (χ4n) is 2.82. The van der Waals surface area contributed by atoms with Gasteiger partial charge in [-0.3, -0.25) is 9.59 Å². The van der Waals surface area contributed by atoms with Gasteiger partial charge in [-0.15, -0.1) is 0 Å². The van der Waals surface area contributed by atoms with Crippen LogP contribution in [-0.4, -0.2) is 17.9 Å². The number of furan rings is 1. The fraction of sp³-hybridized carbons (Fsp3) is 0.182. The van der Waals surface area contributed by atoms with E-state index in [-0.39, 0.29) is 23.6 Å². The summed E-state index contributed by atoms with van der Waals surface area (Å²) in [5.74, 6) is -0.315. The number of hydrogen-bond donors (Lipinski definition) is 2. The zero-order valence-corrected chi connectivity index (χ0v) is 17.2. The molecule has 0 radical (unpaired) electrons. The van der Waals surface area contributed by atoms with Crippen molar-refractivity contribution in [3.8, 4) is 0 Å². The first-order valence-corrected chi connectivity index (χ1v) is 9.72. The predicted molar refractivity (Wildman–Crippen MR) is 113 cm³/mol. The van der Waals surface area contributed by atoms with Gasteiger partial charge >= 0.3 is 0 Å². The fourth-order valence-corrected chi connectivity index (χ4v) is 3.09. The van der Waals surface area contributed by atoms with E-state index in [0.29, 0.717) is 11.3 Å². The molecule has 1 atom stereocenters. The number of amides is 2. The van der Waals surface area contributed by atoms with E-state index in [1.165, 1.54) is 6.26 Å². The normalized spacial score (nSPS) is 11.7. The third-order valence-electron chi connectivity index (χ3n) is 4.33. The number of benzene rings is 2. The van der Waals surface area contributed by atoms with Gasteiger partial charge in [-0.25, -0.2) is 0 Å². The summed E-state index contributed by atoms with van der Waals surface area (Å²) in [6.45, 7) is 3.84. The van der Waals surface area contributed by atoms with Gasteiger partial charge in [0.2, 0.25) is 0 Å². The Hall–Kier alpha value is -2.86. The average molecular weight is 441 g/mol. The summed E-state index contributed by atoms with van der Waals surface area (Å²) in [6, 6.07) is 16.5. The third-order valence-corrected chi connectivity index (χ3v) is 4.85.